The third-order valence-electron chi connectivity index (χ3n) is 4.46. The van der Waals surface area contributed by atoms with Crippen LogP contribution in [-0.4, -0.2) is 45.3 Å². The Hall–Kier alpha value is -2.38. The van der Waals surface area contributed by atoms with Gasteiger partial charge in [0.2, 0.25) is 0 Å². The van der Waals surface area contributed by atoms with E-state index in [0.29, 0.717) is 0 Å². The smallest absolute Gasteiger partial charge is 0.126 e. The monoisotopic (exact) mass is 386 g/mol. The molecule has 4 atom stereocenters. The molecule has 2 aromatic carbocycles. The first-order valence-corrected chi connectivity index (χ1v) is 9.38. The molecule has 4 unspecified atom stereocenters. The van der Waals surface area contributed by atoms with Crippen molar-refractivity contribution in [1.82, 2.24) is 0 Å². The lowest BCUT2D eigenvalue weighted by molar-refractivity contribution is 0.104. The lowest BCUT2D eigenvalue weighted by atomic mass is 10.1. The van der Waals surface area contributed by atoms with Gasteiger partial charge in [-0.1, -0.05) is 36.4 Å². The summed E-state index contributed by atoms with van der Waals surface area (Å²) in [6.45, 7) is 6.45. The fraction of sp³-hybridized carbons (Fsp3) is 0.364. The van der Waals surface area contributed by atoms with E-state index in [1.807, 2.05) is 60.7 Å². The summed E-state index contributed by atoms with van der Waals surface area (Å²) >= 11 is 0. The van der Waals surface area contributed by atoms with Crippen molar-refractivity contribution < 1.29 is 20.4 Å². The average molecular weight is 386 g/mol. The summed E-state index contributed by atoms with van der Waals surface area (Å²) in [5.41, 5.74) is 3.45. The summed E-state index contributed by atoms with van der Waals surface area (Å²) in [5.74, 6) is 0. The largest absolute Gasteiger partial charge is 0.374 e. The molecule has 0 amide bonds. The van der Waals surface area contributed by atoms with Crippen LogP contribution in [0.3, 0.4) is 0 Å². The zero-order chi connectivity index (χ0) is 20.8. The number of nitrogens with zero attached hydrogens (tertiary/aromatic N) is 2. The Labute approximate surface area is 166 Å². The van der Waals surface area contributed by atoms with Crippen LogP contribution in [0.2, 0.25) is 0 Å². The highest BCUT2D eigenvalue weighted by molar-refractivity contribution is 5.71. The van der Waals surface area contributed by atoms with Crippen LogP contribution in [0.5, 0.6) is 0 Å². The molecule has 0 heterocycles. The van der Waals surface area contributed by atoms with Gasteiger partial charge in [0.1, 0.15) is 24.9 Å². The van der Waals surface area contributed by atoms with E-state index in [0.717, 1.165) is 22.5 Å². The van der Waals surface area contributed by atoms with Crippen molar-refractivity contribution in [2.45, 2.75) is 52.6 Å². The van der Waals surface area contributed by atoms with Gasteiger partial charge < -0.3 is 30.2 Å². The third kappa shape index (κ3) is 5.56. The zero-order valence-electron chi connectivity index (χ0n) is 16.8. The molecular weight excluding hydrogens is 356 g/mol. The molecule has 2 rings (SSSR count). The van der Waals surface area contributed by atoms with Crippen LogP contribution < -0.4 is 9.80 Å². The molecule has 152 valence electrons. The Kier molecular flexibility index (Phi) is 7.60. The van der Waals surface area contributed by atoms with Crippen molar-refractivity contribution in [3.63, 3.8) is 0 Å². The number of rotatable bonds is 8. The fourth-order valence-electron chi connectivity index (χ4n) is 3.19. The number of aliphatic hydroxyl groups is 4. The highest BCUT2D eigenvalue weighted by Gasteiger charge is 2.17. The molecule has 0 aliphatic carbocycles. The van der Waals surface area contributed by atoms with Crippen LogP contribution in [-0.2, 0) is 0 Å². The zero-order valence-corrected chi connectivity index (χ0v) is 16.8. The normalized spacial score (nSPS) is 15.9. The second kappa shape index (κ2) is 9.71. The van der Waals surface area contributed by atoms with E-state index in [1.54, 1.807) is 27.7 Å². The summed E-state index contributed by atoms with van der Waals surface area (Å²) in [6, 6.07) is 15.1. The molecule has 0 bridgehead atoms. The van der Waals surface area contributed by atoms with Gasteiger partial charge in [-0.05, 0) is 63.1 Å². The van der Waals surface area contributed by atoms with Crippen LogP contribution in [0.25, 0.3) is 12.2 Å². The van der Waals surface area contributed by atoms with Gasteiger partial charge in [0.05, 0.1) is 0 Å². The summed E-state index contributed by atoms with van der Waals surface area (Å²) < 4.78 is 0. The first kappa shape index (κ1) is 21.9. The van der Waals surface area contributed by atoms with Gasteiger partial charge in [-0.3, -0.25) is 0 Å². The molecule has 2 aromatic rings. The molecule has 6 heteroatoms. The van der Waals surface area contributed by atoms with E-state index in [2.05, 4.69) is 0 Å². The van der Waals surface area contributed by atoms with Crippen molar-refractivity contribution in [2.24, 2.45) is 0 Å². The van der Waals surface area contributed by atoms with Crippen molar-refractivity contribution in [2.75, 3.05) is 9.80 Å². The van der Waals surface area contributed by atoms with E-state index < -0.39 is 24.9 Å². The van der Waals surface area contributed by atoms with Crippen molar-refractivity contribution >= 4 is 23.5 Å². The molecule has 0 aliphatic heterocycles. The minimum absolute atomic E-state index is 0.739. The van der Waals surface area contributed by atoms with Crippen LogP contribution >= 0.6 is 0 Å². The summed E-state index contributed by atoms with van der Waals surface area (Å²) in [6.07, 6.45) is 0.778. The number of hydrogen-bond donors (Lipinski definition) is 4. The highest BCUT2D eigenvalue weighted by Crippen LogP contribution is 2.22. The van der Waals surface area contributed by atoms with Gasteiger partial charge in [0.15, 0.2) is 0 Å². The maximum Gasteiger partial charge on any atom is 0.126 e. The van der Waals surface area contributed by atoms with Crippen LogP contribution in [0.4, 0.5) is 11.4 Å². The Balaban J connectivity index is 2.11. The van der Waals surface area contributed by atoms with Crippen LogP contribution in [0.1, 0.15) is 38.8 Å². The van der Waals surface area contributed by atoms with E-state index in [-0.39, 0.29) is 0 Å². The van der Waals surface area contributed by atoms with Gasteiger partial charge in [0, 0.05) is 11.4 Å². The standard InChI is InChI=1S/C22H30N2O4/c1-15(25)23(16(2)26)21-11-7-19(8-12-21)5-6-20-9-13-22(14-10-20)24(17(3)27)18(4)28/h5-18,25-28H,1-4H3. The summed E-state index contributed by atoms with van der Waals surface area (Å²) in [5, 5.41) is 39.2. The van der Waals surface area contributed by atoms with Gasteiger partial charge in [-0.15, -0.1) is 0 Å². The van der Waals surface area contributed by atoms with Gasteiger partial charge >= 0.3 is 0 Å². The van der Waals surface area contributed by atoms with E-state index in [1.165, 1.54) is 9.80 Å². The molecule has 28 heavy (non-hydrogen) atoms. The van der Waals surface area contributed by atoms with Gasteiger partial charge in [-0.25, -0.2) is 0 Å². The van der Waals surface area contributed by atoms with Crippen molar-refractivity contribution in [3.8, 4) is 0 Å². The topological polar surface area (TPSA) is 87.4 Å². The molecular formula is C22H30N2O4. The molecule has 0 saturated heterocycles. The Bertz CT molecular complexity index is 672. The number of aliphatic hydroxyl groups excluding tert-OH is 4. The number of hydrogen-bond acceptors (Lipinski definition) is 6. The SMILES string of the molecule is CC(O)N(c1ccc(C=Cc2ccc(N(C(C)O)C(C)O)cc2)cc1)C(C)O. The van der Waals surface area contributed by atoms with Crippen LogP contribution in [0.15, 0.2) is 48.5 Å². The molecule has 0 aliphatic rings. The Morgan fingerprint density at radius 2 is 0.786 bits per heavy atom. The van der Waals surface area contributed by atoms with Crippen LogP contribution in [0, 0.1) is 0 Å². The predicted octanol–water partition coefficient (Wildman–Crippen LogP) is 2.82. The van der Waals surface area contributed by atoms with Crippen molar-refractivity contribution in [3.05, 3.63) is 59.7 Å². The Morgan fingerprint density at radius 3 is 1.00 bits per heavy atom. The first-order valence-electron chi connectivity index (χ1n) is 9.38. The molecule has 0 fully saturated rings. The first-order chi connectivity index (χ1) is 13.2. The third-order valence-corrected chi connectivity index (χ3v) is 4.46. The minimum Gasteiger partial charge on any atom is -0.374 e. The summed E-state index contributed by atoms with van der Waals surface area (Å²) in [7, 11) is 0. The number of benzene rings is 2. The highest BCUT2D eigenvalue weighted by atomic mass is 16.3. The molecule has 6 nitrogen and oxygen atoms in total. The van der Waals surface area contributed by atoms with E-state index >= 15 is 0 Å². The molecule has 0 radical (unpaired) electrons. The van der Waals surface area contributed by atoms with Gasteiger partial charge in [0.25, 0.3) is 0 Å². The number of anilines is 2. The fourth-order valence-corrected chi connectivity index (χ4v) is 3.19. The maximum atomic E-state index is 9.80. The van der Waals surface area contributed by atoms with Gasteiger partial charge in [-0.2, -0.15) is 0 Å². The lowest BCUT2D eigenvalue weighted by Gasteiger charge is -2.30. The molecule has 0 aromatic heterocycles. The van der Waals surface area contributed by atoms with E-state index in [9.17, 15) is 20.4 Å². The lowest BCUT2D eigenvalue weighted by Crippen LogP contribution is -2.40. The summed E-state index contributed by atoms with van der Waals surface area (Å²) in [4.78, 5) is 3.03. The van der Waals surface area contributed by atoms with E-state index in [4.69, 9.17) is 0 Å². The second-order valence-electron chi connectivity index (χ2n) is 6.86. The quantitative estimate of drug-likeness (QED) is 0.412. The maximum absolute atomic E-state index is 9.80. The van der Waals surface area contributed by atoms with Crippen molar-refractivity contribution in [1.29, 1.82) is 0 Å². The average Bonchev–Trinajstić information content (AvgIpc) is 2.61. The minimum atomic E-state index is -0.789. The molecule has 4 N–H and O–H groups in total. The predicted molar refractivity (Wildman–Crippen MR) is 113 cm³/mol. The Morgan fingerprint density at radius 1 is 0.536 bits per heavy atom. The molecule has 0 saturated carbocycles. The second-order valence-corrected chi connectivity index (χ2v) is 6.86. The molecule has 0 spiro atoms.